The third-order valence-corrected chi connectivity index (χ3v) is 6.05. The fourth-order valence-corrected chi connectivity index (χ4v) is 4.83. The smallest absolute Gasteiger partial charge is 0.160 e. The lowest BCUT2D eigenvalue weighted by molar-refractivity contribution is 0.221. The quantitative estimate of drug-likeness (QED) is 0.828. The van der Waals surface area contributed by atoms with Crippen LogP contribution in [0.15, 0.2) is 18.2 Å². The average Bonchev–Trinajstić information content (AvgIpc) is 3.04. The molecule has 2 aliphatic rings. The van der Waals surface area contributed by atoms with Gasteiger partial charge in [0.1, 0.15) is 0 Å². The van der Waals surface area contributed by atoms with E-state index in [0.29, 0.717) is 0 Å². The molecule has 1 atom stereocenters. The van der Waals surface area contributed by atoms with Crippen molar-refractivity contribution >= 4 is 11.8 Å². The van der Waals surface area contributed by atoms with Gasteiger partial charge in [-0.25, -0.2) is 0 Å². The molecule has 0 amide bonds. The maximum Gasteiger partial charge on any atom is 0.160 e. The van der Waals surface area contributed by atoms with Crippen molar-refractivity contribution < 1.29 is 9.47 Å². The molecule has 2 saturated heterocycles. The second-order valence-corrected chi connectivity index (χ2v) is 7.61. The van der Waals surface area contributed by atoms with Crippen LogP contribution in [0.4, 0.5) is 0 Å². The molecule has 3 rings (SSSR count). The Morgan fingerprint density at radius 1 is 1.09 bits per heavy atom. The van der Waals surface area contributed by atoms with E-state index in [4.69, 9.17) is 9.47 Å². The van der Waals surface area contributed by atoms with Crippen molar-refractivity contribution in [3.8, 4) is 11.5 Å². The second-order valence-electron chi connectivity index (χ2n) is 6.39. The molecule has 1 aromatic carbocycles. The van der Waals surface area contributed by atoms with Crippen LogP contribution in [0.5, 0.6) is 11.5 Å². The minimum Gasteiger partial charge on any atom is -0.493 e. The predicted molar refractivity (Wildman–Crippen MR) is 93.3 cm³/mol. The Morgan fingerprint density at radius 3 is 2.59 bits per heavy atom. The minimum atomic E-state index is 0.785. The summed E-state index contributed by atoms with van der Waals surface area (Å²) >= 11 is 2.12. The van der Waals surface area contributed by atoms with Crippen LogP contribution in [0.1, 0.15) is 24.8 Å². The number of thioether (sulfide) groups is 1. The maximum atomic E-state index is 5.42. The van der Waals surface area contributed by atoms with Crippen LogP contribution in [0, 0.1) is 5.92 Å². The Labute approximate surface area is 138 Å². The van der Waals surface area contributed by atoms with E-state index in [-0.39, 0.29) is 0 Å². The monoisotopic (exact) mass is 321 g/mol. The Bertz CT molecular complexity index is 488. The highest BCUT2D eigenvalue weighted by atomic mass is 32.2. The van der Waals surface area contributed by atoms with E-state index in [2.05, 4.69) is 28.8 Å². The normalized spacial score (nSPS) is 23.6. The first-order chi connectivity index (χ1) is 10.8. The first kappa shape index (κ1) is 16.0. The molecular weight excluding hydrogens is 294 g/mol. The summed E-state index contributed by atoms with van der Waals surface area (Å²) in [6.07, 6.45) is 5.25. The molecule has 0 aromatic heterocycles. The van der Waals surface area contributed by atoms with Crippen LogP contribution in [-0.4, -0.2) is 49.8 Å². The van der Waals surface area contributed by atoms with Crippen molar-refractivity contribution in [1.82, 2.24) is 4.90 Å². The van der Waals surface area contributed by atoms with Crippen LogP contribution in [0.25, 0.3) is 0 Å². The van der Waals surface area contributed by atoms with Gasteiger partial charge in [-0.05, 0) is 67.3 Å². The summed E-state index contributed by atoms with van der Waals surface area (Å²) in [5.74, 6) is 5.15. The van der Waals surface area contributed by atoms with Crippen molar-refractivity contribution in [2.45, 2.75) is 31.7 Å². The summed E-state index contributed by atoms with van der Waals surface area (Å²) in [5, 5.41) is 0. The van der Waals surface area contributed by atoms with Gasteiger partial charge in [-0.1, -0.05) is 6.07 Å². The van der Waals surface area contributed by atoms with Crippen LogP contribution in [-0.2, 0) is 6.42 Å². The molecule has 22 heavy (non-hydrogen) atoms. The zero-order valence-corrected chi connectivity index (χ0v) is 14.5. The molecule has 3 nitrogen and oxygen atoms in total. The summed E-state index contributed by atoms with van der Waals surface area (Å²) in [6.45, 7) is 2.55. The van der Waals surface area contributed by atoms with Gasteiger partial charge in [0, 0.05) is 12.6 Å². The number of nitrogens with zero attached hydrogens (tertiary/aromatic N) is 1. The molecule has 1 aromatic rings. The van der Waals surface area contributed by atoms with Gasteiger partial charge < -0.3 is 14.4 Å². The van der Waals surface area contributed by atoms with E-state index in [1.807, 2.05) is 6.07 Å². The van der Waals surface area contributed by atoms with Crippen LogP contribution < -0.4 is 9.47 Å². The van der Waals surface area contributed by atoms with E-state index in [1.54, 1.807) is 14.2 Å². The standard InChI is InChI=1S/C18H27NO2S/c1-20-17-4-3-14(12-18(17)21-2)11-15-5-8-19(13-15)16-6-9-22-10-7-16/h3-4,12,15-16H,5-11,13H2,1-2H3. The Balaban J connectivity index is 1.57. The van der Waals surface area contributed by atoms with Crippen molar-refractivity contribution in [1.29, 1.82) is 0 Å². The number of ether oxygens (including phenoxy) is 2. The van der Waals surface area contributed by atoms with Crippen LogP contribution >= 0.6 is 11.8 Å². The highest BCUT2D eigenvalue weighted by Crippen LogP contribution is 2.31. The summed E-state index contributed by atoms with van der Waals surface area (Å²) in [7, 11) is 3.40. The lowest BCUT2D eigenvalue weighted by atomic mass is 9.98. The summed E-state index contributed by atoms with van der Waals surface area (Å²) in [4.78, 5) is 2.74. The van der Waals surface area contributed by atoms with Crippen molar-refractivity contribution in [3.05, 3.63) is 23.8 Å². The average molecular weight is 321 g/mol. The maximum absolute atomic E-state index is 5.42. The minimum absolute atomic E-state index is 0.785. The summed E-state index contributed by atoms with van der Waals surface area (Å²) < 4.78 is 10.7. The highest BCUT2D eigenvalue weighted by molar-refractivity contribution is 7.99. The number of methoxy groups -OCH3 is 2. The lowest BCUT2D eigenvalue weighted by Gasteiger charge is -2.30. The molecule has 2 heterocycles. The van der Waals surface area contributed by atoms with Crippen LogP contribution in [0.2, 0.25) is 0 Å². The topological polar surface area (TPSA) is 21.7 Å². The molecule has 0 spiro atoms. The zero-order valence-electron chi connectivity index (χ0n) is 13.7. The first-order valence-electron chi connectivity index (χ1n) is 8.33. The molecule has 0 saturated carbocycles. The largest absolute Gasteiger partial charge is 0.493 e. The number of hydrogen-bond donors (Lipinski definition) is 0. The molecule has 1 unspecified atom stereocenters. The SMILES string of the molecule is COc1ccc(CC2CCN(C3CCSCC3)C2)cc1OC. The van der Waals surface area contributed by atoms with E-state index >= 15 is 0 Å². The summed E-state index contributed by atoms with van der Waals surface area (Å²) in [5.41, 5.74) is 1.36. The molecule has 0 radical (unpaired) electrons. The predicted octanol–water partition coefficient (Wildman–Crippen LogP) is 3.46. The lowest BCUT2D eigenvalue weighted by Crippen LogP contribution is -2.36. The molecular formula is C18H27NO2S. The van der Waals surface area contributed by atoms with Gasteiger partial charge in [0.05, 0.1) is 14.2 Å². The molecule has 0 aliphatic carbocycles. The Kier molecular flexibility index (Phi) is 5.53. The van der Waals surface area contributed by atoms with E-state index in [0.717, 1.165) is 29.9 Å². The molecule has 0 N–H and O–H groups in total. The fraction of sp³-hybridized carbons (Fsp3) is 0.667. The van der Waals surface area contributed by atoms with Gasteiger partial charge in [0.15, 0.2) is 11.5 Å². The van der Waals surface area contributed by atoms with Crippen molar-refractivity contribution in [2.75, 3.05) is 38.8 Å². The Hall–Kier alpha value is -0.870. The van der Waals surface area contributed by atoms with Gasteiger partial charge in [-0.2, -0.15) is 11.8 Å². The van der Waals surface area contributed by atoms with Gasteiger partial charge in [0.25, 0.3) is 0 Å². The van der Waals surface area contributed by atoms with Crippen molar-refractivity contribution in [3.63, 3.8) is 0 Å². The van der Waals surface area contributed by atoms with Crippen molar-refractivity contribution in [2.24, 2.45) is 5.92 Å². The molecule has 0 bridgehead atoms. The van der Waals surface area contributed by atoms with Crippen LogP contribution in [0.3, 0.4) is 0 Å². The third-order valence-electron chi connectivity index (χ3n) is 5.00. The molecule has 122 valence electrons. The number of rotatable bonds is 5. The van der Waals surface area contributed by atoms with E-state index in [9.17, 15) is 0 Å². The first-order valence-corrected chi connectivity index (χ1v) is 9.48. The number of hydrogen-bond acceptors (Lipinski definition) is 4. The van der Waals surface area contributed by atoms with E-state index < -0.39 is 0 Å². The fourth-order valence-electron chi connectivity index (χ4n) is 3.75. The number of likely N-dealkylation sites (tertiary alicyclic amines) is 1. The molecule has 4 heteroatoms. The summed E-state index contributed by atoms with van der Waals surface area (Å²) in [6, 6.07) is 7.19. The van der Waals surface area contributed by atoms with Gasteiger partial charge in [-0.3, -0.25) is 0 Å². The van der Waals surface area contributed by atoms with Gasteiger partial charge in [0.2, 0.25) is 0 Å². The van der Waals surface area contributed by atoms with E-state index in [1.165, 1.54) is 49.4 Å². The number of benzene rings is 1. The second kappa shape index (κ2) is 7.60. The zero-order chi connectivity index (χ0) is 15.4. The van der Waals surface area contributed by atoms with Gasteiger partial charge in [-0.15, -0.1) is 0 Å². The molecule has 2 aliphatic heterocycles. The Morgan fingerprint density at radius 2 is 1.86 bits per heavy atom. The third kappa shape index (κ3) is 3.72. The van der Waals surface area contributed by atoms with Gasteiger partial charge >= 0.3 is 0 Å². The highest BCUT2D eigenvalue weighted by Gasteiger charge is 2.29. The molecule has 2 fully saturated rings.